The molecule has 0 heterocycles. The molecule has 0 aromatic carbocycles. The van der Waals surface area contributed by atoms with Gasteiger partial charge in [-0.05, 0) is 32.6 Å². The Labute approximate surface area is 106 Å². The molecule has 0 saturated heterocycles. The number of nitrogens with two attached hydrogens (primary N) is 1. The first-order valence-corrected chi connectivity index (χ1v) is 6.99. The molecule has 0 aromatic heterocycles. The lowest BCUT2D eigenvalue weighted by Crippen LogP contribution is -2.46. The largest absolute Gasteiger partial charge is 0.392 e. The zero-order valence-corrected chi connectivity index (χ0v) is 11.7. The maximum Gasteiger partial charge on any atom is 0.0870 e. The maximum absolute atomic E-state index is 5.69. The molecule has 2 nitrogen and oxygen atoms in total. The van der Waals surface area contributed by atoms with Crippen molar-refractivity contribution in [3.05, 3.63) is 0 Å². The second-order valence-corrected chi connectivity index (χ2v) is 5.85. The summed E-state index contributed by atoms with van der Waals surface area (Å²) in [6.45, 7) is 7.58. The van der Waals surface area contributed by atoms with Gasteiger partial charge < -0.3 is 5.73 Å². The minimum absolute atomic E-state index is 0.544. The van der Waals surface area contributed by atoms with Crippen molar-refractivity contribution in [3.63, 3.8) is 0 Å². The quantitative estimate of drug-likeness (QED) is 0.752. The van der Waals surface area contributed by atoms with E-state index in [1.807, 2.05) is 0 Å². The van der Waals surface area contributed by atoms with Gasteiger partial charge in [0.1, 0.15) is 0 Å². The Morgan fingerprint density at radius 3 is 2.62 bits per heavy atom. The van der Waals surface area contributed by atoms with E-state index in [2.05, 4.69) is 25.7 Å². The van der Waals surface area contributed by atoms with Gasteiger partial charge in [0.25, 0.3) is 0 Å². The summed E-state index contributed by atoms with van der Waals surface area (Å²) < 4.78 is 0. The van der Waals surface area contributed by atoms with Crippen molar-refractivity contribution in [3.8, 4) is 0 Å². The molecule has 94 valence electrons. The standard InChI is InChI=1S/C13H26N2S/c1-4-11-6-5-7-12(8-11)15(10(2)3)9-13(14)16/h10-12H,4-9H2,1-3H3,(H2,14,16). The van der Waals surface area contributed by atoms with E-state index in [-0.39, 0.29) is 0 Å². The Morgan fingerprint density at radius 2 is 2.12 bits per heavy atom. The fraction of sp³-hybridized carbons (Fsp3) is 0.923. The molecule has 0 radical (unpaired) electrons. The van der Waals surface area contributed by atoms with Crippen LogP contribution in [0.4, 0.5) is 0 Å². The molecule has 0 aliphatic heterocycles. The molecule has 0 amide bonds. The van der Waals surface area contributed by atoms with E-state index in [0.29, 0.717) is 17.1 Å². The summed E-state index contributed by atoms with van der Waals surface area (Å²) in [5, 5.41) is 0. The zero-order chi connectivity index (χ0) is 12.1. The molecule has 1 fully saturated rings. The number of hydrogen-bond acceptors (Lipinski definition) is 2. The van der Waals surface area contributed by atoms with Crippen molar-refractivity contribution in [1.29, 1.82) is 0 Å². The normalized spacial score (nSPS) is 26.3. The lowest BCUT2D eigenvalue weighted by Gasteiger charge is -2.39. The highest BCUT2D eigenvalue weighted by atomic mass is 32.1. The average molecular weight is 242 g/mol. The SMILES string of the molecule is CCC1CCCC(N(CC(N)=S)C(C)C)C1. The molecular formula is C13H26N2S. The van der Waals surface area contributed by atoms with Gasteiger partial charge in [-0.3, -0.25) is 4.90 Å². The van der Waals surface area contributed by atoms with Crippen molar-refractivity contribution in [1.82, 2.24) is 4.90 Å². The van der Waals surface area contributed by atoms with Gasteiger partial charge in [0.2, 0.25) is 0 Å². The Kier molecular flexibility index (Phi) is 5.70. The Bertz CT molecular complexity index is 228. The molecule has 1 aliphatic carbocycles. The fourth-order valence-electron chi connectivity index (χ4n) is 2.85. The fourth-order valence-corrected chi connectivity index (χ4v) is 3.00. The molecule has 1 saturated carbocycles. The molecular weight excluding hydrogens is 216 g/mol. The predicted molar refractivity (Wildman–Crippen MR) is 74.7 cm³/mol. The average Bonchev–Trinajstić information content (AvgIpc) is 2.25. The van der Waals surface area contributed by atoms with Gasteiger partial charge in [0.15, 0.2) is 0 Å². The molecule has 16 heavy (non-hydrogen) atoms. The number of rotatable bonds is 5. The smallest absolute Gasteiger partial charge is 0.0870 e. The lowest BCUT2D eigenvalue weighted by atomic mass is 9.83. The summed E-state index contributed by atoms with van der Waals surface area (Å²) in [7, 11) is 0. The van der Waals surface area contributed by atoms with Gasteiger partial charge in [-0.2, -0.15) is 0 Å². The summed E-state index contributed by atoms with van der Waals surface area (Å²) >= 11 is 5.05. The van der Waals surface area contributed by atoms with Crippen LogP contribution in [0.3, 0.4) is 0 Å². The zero-order valence-electron chi connectivity index (χ0n) is 10.9. The monoisotopic (exact) mass is 242 g/mol. The first-order chi connectivity index (χ1) is 7.54. The molecule has 1 aliphatic rings. The molecule has 3 heteroatoms. The van der Waals surface area contributed by atoms with Crippen LogP contribution in [0.15, 0.2) is 0 Å². The van der Waals surface area contributed by atoms with Crippen LogP contribution in [0.25, 0.3) is 0 Å². The Hall–Kier alpha value is -0.150. The van der Waals surface area contributed by atoms with Crippen LogP contribution in [-0.4, -0.2) is 28.5 Å². The molecule has 2 unspecified atom stereocenters. The molecule has 2 atom stereocenters. The highest BCUT2D eigenvalue weighted by Crippen LogP contribution is 2.30. The minimum Gasteiger partial charge on any atom is -0.392 e. The van der Waals surface area contributed by atoms with Crippen LogP contribution in [0.5, 0.6) is 0 Å². The number of thiocarbonyl (C=S) groups is 1. The molecule has 2 N–H and O–H groups in total. The first-order valence-electron chi connectivity index (χ1n) is 6.58. The van der Waals surface area contributed by atoms with Crippen molar-refractivity contribution >= 4 is 17.2 Å². The van der Waals surface area contributed by atoms with E-state index < -0.39 is 0 Å². The van der Waals surface area contributed by atoms with Crippen LogP contribution in [0, 0.1) is 5.92 Å². The van der Waals surface area contributed by atoms with Crippen molar-refractivity contribution in [2.45, 2.75) is 65.0 Å². The third-order valence-corrected chi connectivity index (χ3v) is 3.93. The third kappa shape index (κ3) is 4.02. The van der Waals surface area contributed by atoms with Crippen LogP contribution in [0.2, 0.25) is 0 Å². The van der Waals surface area contributed by atoms with Gasteiger partial charge >= 0.3 is 0 Å². The number of hydrogen-bond donors (Lipinski definition) is 1. The summed E-state index contributed by atoms with van der Waals surface area (Å²) in [6.07, 6.45) is 6.74. The summed E-state index contributed by atoms with van der Waals surface area (Å²) in [6, 6.07) is 1.24. The molecule has 0 spiro atoms. The molecule has 0 bridgehead atoms. The Balaban J connectivity index is 2.59. The summed E-state index contributed by atoms with van der Waals surface area (Å²) in [5.41, 5.74) is 5.69. The third-order valence-electron chi connectivity index (χ3n) is 3.80. The van der Waals surface area contributed by atoms with Gasteiger partial charge in [-0.15, -0.1) is 0 Å². The van der Waals surface area contributed by atoms with Crippen molar-refractivity contribution < 1.29 is 0 Å². The van der Waals surface area contributed by atoms with E-state index in [0.717, 1.165) is 12.5 Å². The predicted octanol–water partition coefficient (Wildman–Crippen LogP) is 2.95. The van der Waals surface area contributed by atoms with Crippen LogP contribution < -0.4 is 5.73 Å². The van der Waals surface area contributed by atoms with E-state index in [4.69, 9.17) is 18.0 Å². The van der Waals surface area contributed by atoms with Crippen LogP contribution >= 0.6 is 12.2 Å². The molecule has 0 aromatic rings. The maximum atomic E-state index is 5.69. The highest BCUT2D eigenvalue weighted by Gasteiger charge is 2.27. The van der Waals surface area contributed by atoms with Gasteiger partial charge in [0.05, 0.1) is 4.99 Å². The van der Waals surface area contributed by atoms with Gasteiger partial charge in [-0.1, -0.05) is 38.4 Å². The minimum atomic E-state index is 0.544. The van der Waals surface area contributed by atoms with Crippen molar-refractivity contribution in [2.75, 3.05) is 6.54 Å². The topological polar surface area (TPSA) is 29.3 Å². The van der Waals surface area contributed by atoms with E-state index >= 15 is 0 Å². The highest BCUT2D eigenvalue weighted by molar-refractivity contribution is 7.80. The van der Waals surface area contributed by atoms with Crippen LogP contribution in [0.1, 0.15) is 52.9 Å². The Morgan fingerprint density at radius 1 is 1.44 bits per heavy atom. The second-order valence-electron chi connectivity index (χ2n) is 5.33. The summed E-state index contributed by atoms with van der Waals surface area (Å²) in [5.74, 6) is 0.909. The van der Waals surface area contributed by atoms with Crippen molar-refractivity contribution in [2.24, 2.45) is 11.7 Å². The molecule has 1 rings (SSSR count). The summed E-state index contributed by atoms with van der Waals surface area (Å²) in [4.78, 5) is 3.12. The number of nitrogens with zero attached hydrogens (tertiary/aromatic N) is 1. The lowest BCUT2D eigenvalue weighted by molar-refractivity contribution is 0.116. The second kappa shape index (κ2) is 6.55. The van der Waals surface area contributed by atoms with E-state index in [1.165, 1.54) is 32.1 Å². The first kappa shape index (κ1) is 13.9. The van der Waals surface area contributed by atoms with Crippen LogP contribution in [-0.2, 0) is 0 Å². The van der Waals surface area contributed by atoms with E-state index in [1.54, 1.807) is 0 Å². The van der Waals surface area contributed by atoms with Gasteiger partial charge in [-0.25, -0.2) is 0 Å². The van der Waals surface area contributed by atoms with E-state index in [9.17, 15) is 0 Å². The van der Waals surface area contributed by atoms with Gasteiger partial charge in [0, 0.05) is 18.6 Å².